The third-order valence-electron chi connectivity index (χ3n) is 3.14. The molecular formula is C16H21N3OS. The zero-order valence-corrected chi connectivity index (χ0v) is 14.2. The first-order valence-corrected chi connectivity index (χ1v) is 7.78. The fourth-order valence-corrected chi connectivity index (χ4v) is 3.00. The number of pyridine rings is 1. The van der Waals surface area contributed by atoms with Gasteiger partial charge in [0.05, 0.1) is 16.4 Å². The molecule has 21 heavy (non-hydrogen) atoms. The maximum absolute atomic E-state index is 12.3. The van der Waals surface area contributed by atoms with Gasteiger partial charge in [-0.15, -0.1) is 11.3 Å². The Balaban J connectivity index is 2.25. The molecule has 2 aromatic heterocycles. The molecule has 2 rings (SSSR count). The van der Waals surface area contributed by atoms with E-state index < -0.39 is 0 Å². The lowest BCUT2D eigenvalue weighted by Crippen LogP contribution is -2.16. The number of nitrogens with zero attached hydrogens (tertiary/aromatic N) is 2. The van der Waals surface area contributed by atoms with Crippen LogP contribution in [0.2, 0.25) is 0 Å². The lowest BCUT2D eigenvalue weighted by atomic mass is 9.98. The van der Waals surface area contributed by atoms with Gasteiger partial charge >= 0.3 is 0 Å². The molecule has 0 spiro atoms. The van der Waals surface area contributed by atoms with E-state index in [1.165, 1.54) is 11.3 Å². The normalized spacial score (nSPS) is 11.5. The van der Waals surface area contributed by atoms with E-state index in [-0.39, 0.29) is 11.3 Å². The fraction of sp³-hybridized carbons (Fsp3) is 0.438. The van der Waals surface area contributed by atoms with Crippen LogP contribution >= 0.6 is 11.3 Å². The monoisotopic (exact) mass is 303 g/mol. The summed E-state index contributed by atoms with van der Waals surface area (Å²) in [5.41, 5.74) is 3.99. The summed E-state index contributed by atoms with van der Waals surface area (Å²) in [7, 11) is 0. The first-order valence-electron chi connectivity index (χ1n) is 6.90. The molecule has 2 aromatic rings. The molecule has 0 aliphatic rings. The summed E-state index contributed by atoms with van der Waals surface area (Å²) in [6, 6.07) is 1.96. The first-order chi connectivity index (χ1) is 9.68. The number of carbonyl (C=O) groups is 1. The highest BCUT2D eigenvalue weighted by Gasteiger charge is 2.21. The summed E-state index contributed by atoms with van der Waals surface area (Å²) in [4.78, 5) is 21.2. The molecule has 0 aliphatic heterocycles. The van der Waals surface area contributed by atoms with E-state index in [4.69, 9.17) is 0 Å². The molecule has 0 unspecified atom stereocenters. The van der Waals surface area contributed by atoms with Gasteiger partial charge in [0.25, 0.3) is 5.91 Å². The third kappa shape index (κ3) is 3.47. The Morgan fingerprint density at radius 1 is 1.19 bits per heavy atom. The Bertz CT molecular complexity index is 660. The van der Waals surface area contributed by atoms with Crippen molar-refractivity contribution in [3.63, 3.8) is 0 Å². The molecule has 1 amide bonds. The number of rotatable bonds is 2. The van der Waals surface area contributed by atoms with Gasteiger partial charge in [-0.1, -0.05) is 20.8 Å². The van der Waals surface area contributed by atoms with E-state index in [0.717, 1.165) is 27.6 Å². The van der Waals surface area contributed by atoms with Crippen LogP contribution in [0, 0.1) is 20.8 Å². The number of nitrogens with one attached hydrogen (secondary N) is 1. The smallest absolute Gasteiger partial charge is 0.275 e. The molecule has 0 aliphatic carbocycles. The van der Waals surface area contributed by atoms with E-state index in [1.807, 2.05) is 32.2 Å². The van der Waals surface area contributed by atoms with Crippen LogP contribution in [0.4, 0.5) is 5.69 Å². The summed E-state index contributed by atoms with van der Waals surface area (Å²) in [6.07, 6.45) is 0. The van der Waals surface area contributed by atoms with E-state index in [0.29, 0.717) is 5.69 Å². The minimum atomic E-state index is -0.182. The molecule has 4 nitrogen and oxygen atoms in total. The third-order valence-corrected chi connectivity index (χ3v) is 4.41. The van der Waals surface area contributed by atoms with Crippen molar-refractivity contribution in [3.8, 4) is 0 Å². The topological polar surface area (TPSA) is 54.9 Å². The van der Waals surface area contributed by atoms with Crippen LogP contribution in [0.3, 0.4) is 0 Å². The van der Waals surface area contributed by atoms with Gasteiger partial charge in [0.15, 0.2) is 0 Å². The Morgan fingerprint density at radius 3 is 2.38 bits per heavy atom. The van der Waals surface area contributed by atoms with Crippen molar-refractivity contribution in [2.24, 2.45) is 0 Å². The number of hydrogen-bond donors (Lipinski definition) is 1. The minimum absolute atomic E-state index is 0.0412. The van der Waals surface area contributed by atoms with E-state index in [2.05, 4.69) is 36.1 Å². The predicted octanol–water partition coefficient (Wildman–Crippen LogP) is 4.01. The number of amides is 1. The van der Waals surface area contributed by atoms with Gasteiger partial charge in [-0.2, -0.15) is 0 Å². The van der Waals surface area contributed by atoms with Crippen LogP contribution in [0.1, 0.15) is 53.2 Å². The largest absolute Gasteiger partial charge is 0.319 e. The Morgan fingerprint density at radius 2 is 1.86 bits per heavy atom. The second-order valence-electron chi connectivity index (χ2n) is 6.28. The van der Waals surface area contributed by atoms with Gasteiger partial charge in [0.2, 0.25) is 0 Å². The van der Waals surface area contributed by atoms with Gasteiger partial charge in [0.1, 0.15) is 5.69 Å². The summed E-state index contributed by atoms with van der Waals surface area (Å²) in [6.45, 7) is 12.1. The number of aromatic nitrogens is 2. The number of anilines is 1. The van der Waals surface area contributed by atoms with Crippen LogP contribution in [0.25, 0.3) is 0 Å². The van der Waals surface area contributed by atoms with Crippen molar-refractivity contribution in [1.82, 2.24) is 9.97 Å². The van der Waals surface area contributed by atoms with Gasteiger partial charge in [0, 0.05) is 16.5 Å². The fourth-order valence-electron chi connectivity index (χ4n) is 2.11. The summed E-state index contributed by atoms with van der Waals surface area (Å²) < 4.78 is 0. The van der Waals surface area contributed by atoms with Crippen molar-refractivity contribution < 1.29 is 4.79 Å². The van der Waals surface area contributed by atoms with Crippen LogP contribution < -0.4 is 5.32 Å². The van der Waals surface area contributed by atoms with Crippen LogP contribution in [0.5, 0.6) is 0 Å². The van der Waals surface area contributed by atoms with Gasteiger partial charge in [-0.3, -0.25) is 9.78 Å². The maximum atomic E-state index is 12.3. The summed E-state index contributed by atoms with van der Waals surface area (Å²) in [5, 5.41) is 5.70. The second-order valence-corrected chi connectivity index (χ2v) is 7.14. The Labute approximate surface area is 129 Å². The van der Waals surface area contributed by atoms with E-state index in [1.54, 1.807) is 0 Å². The number of hydrogen-bond acceptors (Lipinski definition) is 4. The van der Waals surface area contributed by atoms with Crippen molar-refractivity contribution in [2.75, 3.05) is 5.32 Å². The van der Waals surface area contributed by atoms with Crippen LogP contribution in [0.15, 0.2) is 11.4 Å². The Hall–Kier alpha value is -1.75. The van der Waals surface area contributed by atoms with Crippen molar-refractivity contribution >= 4 is 22.9 Å². The Kier molecular flexibility index (Phi) is 4.14. The molecule has 5 heteroatoms. The van der Waals surface area contributed by atoms with Crippen LogP contribution in [-0.4, -0.2) is 15.9 Å². The summed E-state index contributed by atoms with van der Waals surface area (Å²) in [5.74, 6) is -0.182. The lowest BCUT2D eigenvalue weighted by Gasteiger charge is -2.13. The highest BCUT2D eigenvalue weighted by molar-refractivity contribution is 7.10. The van der Waals surface area contributed by atoms with Gasteiger partial charge in [-0.25, -0.2) is 4.98 Å². The lowest BCUT2D eigenvalue weighted by molar-refractivity contribution is 0.102. The summed E-state index contributed by atoms with van der Waals surface area (Å²) >= 11 is 1.52. The number of aryl methyl sites for hydroxylation is 3. The quantitative estimate of drug-likeness (QED) is 0.912. The minimum Gasteiger partial charge on any atom is -0.319 e. The maximum Gasteiger partial charge on any atom is 0.275 e. The molecule has 0 radical (unpaired) electrons. The molecule has 0 atom stereocenters. The number of carbonyl (C=O) groups excluding carboxylic acids is 1. The van der Waals surface area contributed by atoms with E-state index in [9.17, 15) is 4.79 Å². The molecule has 0 saturated carbocycles. The SMILES string of the molecule is Cc1cc(C)c(NC(=O)c2csc(C(C)(C)C)n2)c(C)n1. The highest BCUT2D eigenvalue weighted by Crippen LogP contribution is 2.26. The number of thiazole rings is 1. The van der Waals surface area contributed by atoms with Crippen molar-refractivity contribution in [1.29, 1.82) is 0 Å². The molecule has 2 heterocycles. The molecule has 1 N–H and O–H groups in total. The first kappa shape index (κ1) is 15.6. The molecule has 0 fully saturated rings. The molecule has 0 aromatic carbocycles. The van der Waals surface area contributed by atoms with Crippen molar-refractivity contribution in [3.05, 3.63) is 39.1 Å². The predicted molar refractivity (Wildman–Crippen MR) is 87.2 cm³/mol. The molecule has 0 saturated heterocycles. The standard InChI is InChI=1S/C16H21N3OS/c1-9-7-10(2)17-11(3)13(9)19-14(20)12-8-21-15(18-12)16(4,5)6/h7-8H,1-6H3,(H,19,20). The molecule has 0 bridgehead atoms. The van der Waals surface area contributed by atoms with Gasteiger partial charge < -0.3 is 5.32 Å². The second kappa shape index (κ2) is 5.56. The van der Waals surface area contributed by atoms with Crippen LogP contribution in [-0.2, 0) is 5.41 Å². The zero-order chi connectivity index (χ0) is 15.8. The highest BCUT2D eigenvalue weighted by atomic mass is 32.1. The zero-order valence-electron chi connectivity index (χ0n) is 13.4. The average Bonchev–Trinajstić information content (AvgIpc) is 2.82. The van der Waals surface area contributed by atoms with Crippen molar-refractivity contribution in [2.45, 2.75) is 47.0 Å². The van der Waals surface area contributed by atoms with E-state index >= 15 is 0 Å². The molecule has 112 valence electrons. The molecular weight excluding hydrogens is 282 g/mol. The average molecular weight is 303 g/mol. The van der Waals surface area contributed by atoms with Gasteiger partial charge in [-0.05, 0) is 32.4 Å².